The van der Waals surface area contributed by atoms with Crippen LogP contribution in [0.2, 0.25) is 0 Å². The first-order valence-corrected chi connectivity index (χ1v) is 6.08. The SMILES string of the molecule is O=C(O)C(O)c1ccc(-c2ccc(C(F)(F)F)cc2)c(F)c1. The highest BCUT2D eigenvalue weighted by Gasteiger charge is 2.30. The highest BCUT2D eigenvalue weighted by Crippen LogP contribution is 2.32. The molecule has 0 aliphatic carbocycles. The largest absolute Gasteiger partial charge is 0.479 e. The van der Waals surface area contributed by atoms with E-state index in [1.165, 1.54) is 12.1 Å². The number of aliphatic hydroxyl groups is 1. The van der Waals surface area contributed by atoms with Crippen LogP contribution in [0.4, 0.5) is 17.6 Å². The Morgan fingerprint density at radius 2 is 1.64 bits per heavy atom. The minimum atomic E-state index is -4.48. The summed E-state index contributed by atoms with van der Waals surface area (Å²) in [4.78, 5) is 10.6. The van der Waals surface area contributed by atoms with Crippen molar-refractivity contribution in [3.63, 3.8) is 0 Å². The van der Waals surface area contributed by atoms with E-state index in [9.17, 15) is 27.5 Å². The van der Waals surface area contributed by atoms with Crippen molar-refractivity contribution in [1.29, 1.82) is 0 Å². The molecule has 2 aromatic rings. The number of aliphatic hydroxyl groups excluding tert-OH is 1. The molecule has 0 saturated carbocycles. The summed E-state index contributed by atoms with van der Waals surface area (Å²) < 4.78 is 51.4. The Bertz CT molecular complexity index is 693. The van der Waals surface area contributed by atoms with Crippen LogP contribution in [-0.4, -0.2) is 16.2 Å². The summed E-state index contributed by atoms with van der Waals surface area (Å²) in [7, 11) is 0. The molecule has 0 spiro atoms. The minimum absolute atomic E-state index is 0.00932. The second kappa shape index (κ2) is 5.76. The molecule has 3 nitrogen and oxygen atoms in total. The Kier molecular flexibility index (Phi) is 4.18. The third-order valence-electron chi connectivity index (χ3n) is 3.07. The summed E-state index contributed by atoms with van der Waals surface area (Å²) in [6.45, 7) is 0. The molecule has 2 aromatic carbocycles. The molecule has 116 valence electrons. The smallest absolute Gasteiger partial charge is 0.416 e. The topological polar surface area (TPSA) is 57.5 Å². The van der Waals surface area contributed by atoms with Crippen LogP contribution in [0, 0.1) is 5.82 Å². The molecule has 0 heterocycles. The van der Waals surface area contributed by atoms with Gasteiger partial charge in [0, 0.05) is 5.56 Å². The molecule has 1 unspecified atom stereocenters. The van der Waals surface area contributed by atoms with Gasteiger partial charge in [-0.1, -0.05) is 24.3 Å². The monoisotopic (exact) mass is 314 g/mol. The van der Waals surface area contributed by atoms with E-state index in [0.717, 1.165) is 30.3 Å². The molecule has 1 atom stereocenters. The van der Waals surface area contributed by atoms with Gasteiger partial charge in [-0.25, -0.2) is 9.18 Å². The summed E-state index contributed by atoms with van der Waals surface area (Å²) in [5, 5.41) is 18.0. The number of rotatable bonds is 3. The maximum Gasteiger partial charge on any atom is 0.416 e. The van der Waals surface area contributed by atoms with E-state index in [2.05, 4.69) is 0 Å². The number of carbonyl (C=O) groups is 1. The molecule has 0 fully saturated rings. The maximum absolute atomic E-state index is 14.0. The number of hydrogen-bond acceptors (Lipinski definition) is 2. The summed E-state index contributed by atoms with van der Waals surface area (Å²) in [5.41, 5.74) is -0.785. The Hall–Kier alpha value is -2.41. The Balaban J connectivity index is 2.36. The average molecular weight is 314 g/mol. The maximum atomic E-state index is 14.0. The van der Waals surface area contributed by atoms with Gasteiger partial charge in [0.2, 0.25) is 0 Å². The number of carboxylic acids is 1. The van der Waals surface area contributed by atoms with E-state index in [0.29, 0.717) is 0 Å². The first-order chi connectivity index (χ1) is 10.2. The Morgan fingerprint density at radius 3 is 2.09 bits per heavy atom. The number of aliphatic carboxylic acids is 1. The van der Waals surface area contributed by atoms with Crippen molar-refractivity contribution >= 4 is 5.97 Å². The van der Waals surface area contributed by atoms with Crippen LogP contribution in [0.15, 0.2) is 42.5 Å². The standard InChI is InChI=1S/C15H10F4O3/c16-12-7-9(13(20)14(21)22)3-6-11(12)8-1-4-10(5-2-8)15(17,18)19/h1-7,13,20H,(H,21,22). The first kappa shape index (κ1) is 16.0. The molecule has 7 heteroatoms. The van der Waals surface area contributed by atoms with Gasteiger partial charge in [-0.05, 0) is 29.3 Å². The van der Waals surface area contributed by atoms with Crippen LogP contribution < -0.4 is 0 Å². The summed E-state index contributed by atoms with van der Waals surface area (Å²) in [6.07, 6.45) is -6.34. The zero-order chi connectivity index (χ0) is 16.5. The van der Waals surface area contributed by atoms with Gasteiger partial charge in [0.15, 0.2) is 6.10 Å². The number of halogens is 4. The van der Waals surface area contributed by atoms with E-state index in [1.54, 1.807) is 0 Å². The number of hydrogen-bond donors (Lipinski definition) is 2. The molecule has 22 heavy (non-hydrogen) atoms. The second-order valence-corrected chi connectivity index (χ2v) is 4.56. The van der Waals surface area contributed by atoms with E-state index >= 15 is 0 Å². The van der Waals surface area contributed by atoms with Crippen molar-refractivity contribution < 1.29 is 32.6 Å². The van der Waals surface area contributed by atoms with Crippen molar-refractivity contribution in [3.8, 4) is 11.1 Å². The van der Waals surface area contributed by atoms with Gasteiger partial charge in [-0.15, -0.1) is 0 Å². The van der Waals surface area contributed by atoms with Gasteiger partial charge in [-0.3, -0.25) is 0 Å². The molecular weight excluding hydrogens is 304 g/mol. The van der Waals surface area contributed by atoms with Crippen molar-refractivity contribution in [2.24, 2.45) is 0 Å². The lowest BCUT2D eigenvalue weighted by Gasteiger charge is -2.10. The first-order valence-electron chi connectivity index (χ1n) is 6.08. The van der Waals surface area contributed by atoms with E-state index in [1.807, 2.05) is 0 Å². The zero-order valence-corrected chi connectivity index (χ0v) is 10.9. The predicted molar refractivity (Wildman–Crippen MR) is 69.4 cm³/mol. The lowest BCUT2D eigenvalue weighted by atomic mass is 10.00. The fourth-order valence-corrected chi connectivity index (χ4v) is 1.92. The molecule has 2 rings (SSSR count). The lowest BCUT2D eigenvalue weighted by Crippen LogP contribution is -2.10. The molecule has 0 aliphatic rings. The summed E-state index contributed by atoms with van der Waals surface area (Å²) >= 11 is 0. The van der Waals surface area contributed by atoms with Gasteiger partial charge in [-0.2, -0.15) is 13.2 Å². The average Bonchev–Trinajstić information content (AvgIpc) is 2.45. The van der Waals surface area contributed by atoms with Crippen LogP contribution in [0.25, 0.3) is 11.1 Å². The number of carboxylic acid groups (broad SMARTS) is 1. The summed E-state index contributed by atoms with van der Waals surface area (Å²) in [5.74, 6) is -2.36. The van der Waals surface area contributed by atoms with Gasteiger partial charge in [0.25, 0.3) is 0 Å². The fraction of sp³-hybridized carbons (Fsp3) is 0.133. The Labute approximate surface area is 122 Å². The van der Waals surface area contributed by atoms with E-state index in [4.69, 9.17) is 5.11 Å². The van der Waals surface area contributed by atoms with Crippen molar-refractivity contribution in [2.45, 2.75) is 12.3 Å². The number of alkyl halides is 3. The van der Waals surface area contributed by atoms with Gasteiger partial charge in [0.1, 0.15) is 5.82 Å². The molecule has 0 bridgehead atoms. The third-order valence-corrected chi connectivity index (χ3v) is 3.07. The van der Waals surface area contributed by atoms with E-state index < -0.39 is 29.6 Å². The fourth-order valence-electron chi connectivity index (χ4n) is 1.92. The van der Waals surface area contributed by atoms with Crippen LogP contribution in [-0.2, 0) is 11.0 Å². The summed E-state index contributed by atoms with van der Waals surface area (Å²) in [6, 6.07) is 7.15. The Morgan fingerprint density at radius 1 is 1.05 bits per heavy atom. The highest BCUT2D eigenvalue weighted by molar-refractivity contribution is 5.74. The normalized spacial score (nSPS) is 13.0. The van der Waals surface area contributed by atoms with Crippen LogP contribution in [0.1, 0.15) is 17.2 Å². The van der Waals surface area contributed by atoms with Crippen molar-refractivity contribution in [1.82, 2.24) is 0 Å². The number of benzene rings is 2. The molecule has 0 aromatic heterocycles. The van der Waals surface area contributed by atoms with Gasteiger partial charge < -0.3 is 10.2 Å². The van der Waals surface area contributed by atoms with Gasteiger partial charge >= 0.3 is 12.1 Å². The molecule has 0 radical (unpaired) electrons. The lowest BCUT2D eigenvalue weighted by molar-refractivity contribution is -0.147. The molecule has 0 amide bonds. The quantitative estimate of drug-likeness (QED) is 0.851. The van der Waals surface area contributed by atoms with Crippen LogP contribution >= 0.6 is 0 Å². The zero-order valence-electron chi connectivity index (χ0n) is 10.9. The molecular formula is C15H10F4O3. The second-order valence-electron chi connectivity index (χ2n) is 4.56. The minimum Gasteiger partial charge on any atom is -0.479 e. The third kappa shape index (κ3) is 3.25. The predicted octanol–water partition coefficient (Wildman–Crippen LogP) is 3.63. The van der Waals surface area contributed by atoms with Crippen molar-refractivity contribution in [3.05, 3.63) is 59.4 Å². The molecule has 0 aliphatic heterocycles. The molecule has 2 N–H and O–H groups in total. The van der Waals surface area contributed by atoms with Crippen LogP contribution in [0.5, 0.6) is 0 Å². The van der Waals surface area contributed by atoms with Crippen LogP contribution in [0.3, 0.4) is 0 Å². The van der Waals surface area contributed by atoms with E-state index in [-0.39, 0.29) is 16.7 Å². The van der Waals surface area contributed by atoms with Crippen molar-refractivity contribution in [2.75, 3.05) is 0 Å². The van der Waals surface area contributed by atoms with Gasteiger partial charge in [0.05, 0.1) is 5.56 Å². The molecule has 0 saturated heterocycles. The highest BCUT2D eigenvalue weighted by atomic mass is 19.4.